The van der Waals surface area contributed by atoms with E-state index >= 15 is 0 Å². The highest BCUT2D eigenvalue weighted by molar-refractivity contribution is 6.21. The van der Waals surface area contributed by atoms with Crippen molar-refractivity contribution in [1.29, 1.82) is 0 Å². The highest BCUT2D eigenvalue weighted by atomic mass is 19.1. The molecule has 0 saturated carbocycles. The van der Waals surface area contributed by atoms with E-state index in [2.05, 4.69) is 9.57 Å². The van der Waals surface area contributed by atoms with Gasteiger partial charge in [-0.1, -0.05) is 17.2 Å². The van der Waals surface area contributed by atoms with E-state index in [1.807, 2.05) is 0 Å². The van der Waals surface area contributed by atoms with Gasteiger partial charge in [0.2, 0.25) is 0 Å². The van der Waals surface area contributed by atoms with Gasteiger partial charge >= 0.3 is 5.97 Å². The fourth-order valence-corrected chi connectivity index (χ4v) is 2.24. The van der Waals surface area contributed by atoms with E-state index in [1.54, 1.807) is 0 Å². The Morgan fingerprint density at radius 1 is 1.00 bits per heavy atom. The second-order valence-corrected chi connectivity index (χ2v) is 4.80. The van der Waals surface area contributed by atoms with E-state index in [-0.39, 0.29) is 21.9 Å². The van der Waals surface area contributed by atoms with Crippen molar-refractivity contribution in [3.8, 4) is 5.75 Å². The summed E-state index contributed by atoms with van der Waals surface area (Å²) >= 11 is 0. The van der Waals surface area contributed by atoms with Crippen molar-refractivity contribution in [3.05, 3.63) is 64.7 Å². The van der Waals surface area contributed by atoms with Crippen LogP contribution in [0.4, 0.5) is 8.78 Å². The standard InChI is InChI=1S/C16H9F2NO5/c1-23-8-6-11(17)13(12(18)7-8)16(22)24-19-14(20)9-4-2-3-5-10(9)15(19)21/h2-7H,1H3. The van der Waals surface area contributed by atoms with Crippen LogP contribution in [0.5, 0.6) is 5.75 Å². The Morgan fingerprint density at radius 2 is 1.50 bits per heavy atom. The van der Waals surface area contributed by atoms with Gasteiger partial charge in [-0.2, -0.15) is 0 Å². The molecule has 0 N–H and O–H groups in total. The Balaban J connectivity index is 1.90. The number of methoxy groups -OCH3 is 1. The molecular weight excluding hydrogens is 324 g/mol. The van der Waals surface area contributed by atoms with Gasteiger partial charge in [0.25, 0.3) is 11.8 Å². The average Bonchev–Trinajstić information content (AvgIpc) is 2.79. The number of nitrogens with zero attached hydrogens (tertiary/aromatic N) is 1. The molecule has 2 amide bonds. The highest BCUT2D eigenvalue weighted by Gasteiger charge is 2.39. The molecule has 24 heavy (non-hydrogen) atoms. The van der Waals surface area contributed by atoms with Crippen LogP contribution in [0.15, 0.2) is 36.4 Å². The molecule has 2 aromatic carbocycles. The summed E-state index contributed by atoms with van der Waals surface area (Å²) in [6.45, 7) is 0. The number of hydrogen-bond donors (Lipinski definition) is 0. The lowest BCUT2D eigenvalue weighted by atomic mass is 10.1. The lowest BCUT2D eigenvalue weighted by Crippen LogP contribution is -2.33. The third-order valence-electron chi connectivity index (χ3n) is 3.39. The molecule has 122 valence electrons. The van der Waals surface area contributed by atoms with Crippen molar-refractivity contribution in [2.45, 2.75) is 0 Å². The monoisotopic (exact) mass is 333 g/mol. The first-order valence-corrected chi connectivity index (χ1v) is 6.67. The normalized spacial score (nSPS) is 13.0. The third kappa shape index (κ3) is 2.37. The Morgan fingerprint density at radius 3 is 1.96 bits per heavy atom. The molecule has 3 rings (SSSR count). The molecule has 0 atom stereocenters. The maximum Gasteiger partial charge on any atom is 0.369 e. The molecule has 2 aromatic rings. The highest BCUT2D eigenvalue weighted by Crippen LogP contribution is 2.25. The van der Waals surface area contributed by atoms with Crippen LogP contribution in [0.2, 0.25) is 0 Å². The molecule has 6 nitrogen and oxygen atoms in total. The Bertz CT molecular complexity index is 823. The second kappa shape index (κ2) is 5.73. The summed E-state index contributed by atoms with van der Waals surface area (Å²) in [4.78, 5) is 40.7. The summed E-state index contributed by atoms with van der Waals surface area (Å²) < 4.78 is 32.4. The van der Waals surface area contributed by atoms with Crippen LogP contribution in [0.25, 0.3) is 0 Å². The number of carbonyl (C=O) groups excluding carboxylic acids is 3. The molecule has 0 aromatic heterocycles. The average molecular weight is 333 g/mol. The van der Waals surface area contributed by atoms with Gasteiger partial charge in [0.15, 0.2) is 0 Å². The van der Waals surface area contributed by atoms with Gasteiger partial charge in [0, 0.05) is 12.1 Å². The second-order valence-electron chi connectivity index (χ2n) is 4.80. The molecule has 0 bridgehead atoms. The molecule has 1 aliphatic heterocycles. The minimum absolute atomic E-state index is 0.0333. The van der Waals surface area contributed by atoms with E-state index < -0.39 is 35.0 Å². The number of hydroxylamine groups is 2. The molecule has 0 fully saturated rings. The minimum Gasteiger partial charge on any atom is -0.497 e. The number of hydrogen-bond acceptors (Lipinski definition) is 5. The maximum absolute atomic E-state index is 13.9. The van der Waals surface area contributed by atoms with Crippen molar-refractivity contribution < 1.29 is 32.7 Å². The number of benzene rings is 2. The molecule has 8 heteroatoms. The summed E-state index contributed by atoms with van der Waals surface area (Å²) in [6, 6.07) is 7.36. The van der Waals surface area contributed by atoms with E-state index in [0.717, 1.165) is 12.1 Å². The summed E-state index contributed by atoms with van der Waals surface area (Å²) in [7, 11) is 1.20. The van der Waals surface area contributed by atoms with Crippen molar-refractivity contribution >= 4 is 17.8 Å². The topological polar surface area (TPSA) is 72.9 Å². The molecule has 0 radical (unpaired) electrons. The van der Waals surface area contributed by atoms with Crippen LogP contribution in [0.3, 0.4) is 0 Å². The van der Waals surface area contributed by atoms with Crippen LogP contribution in [-0.2, 0) is 4.84 Å². The number of imide groups is 1. The Hall–Kier alpha value is -3.29. The fraction of sp³-hybridized carbons (Fsp3) is 0.0625. The first kappa shape index (κ1) is 15.6. The van der Waals surface area contributed by atoms with Crippen LogP contribution in [0.1, 0.15) is 31.1 Å². The van der Waals surface area contributed by atoms with E-state index in [1.165, 1.54) is 31.4 Å². The zero-order chi connectivity index (χ0) is 17.4. The predicted molar refractivity (Wildman–Crippen MR) is 75.3 cm³/mol. The molecule has 0 unspecified atom stereocenters. The number of fused-ring (bicyclic) bond motifs is 1. The van der Waals surface area contributed by atoms with Crippen molar-refractivity contribution in [2.24, 2.45) is 0 Å². The van der Waals surface area contributed by atoms with Crippen LogP contribution in [-0.4, -0.2) is 30.0 Å². The lowest BCUT2D eigenvalue weighted by molar-refractivity contribution is -0.0590. The van der Waals surface area contributed by atoms with Gasteiger partial charge in [0.05, 0.1) is 18.2 Å². The fourth-order valence-electron chi connectivity index (χ4n) is 2.24. The zero-order valence-electron chi connectivity index (χ0n) is 12.2. The number of halogens is 2. The van der Waals surface area contributed by atoms with Crippen molar-refractivity contribution in [3.63, 3.8) is 0 Å². The summed E-state index contributed by atoms with van der Waals surface area (Å²) in [5, 5.41) is 0.177. The van der Waals surface area contributed by atoms with E-state index in [4.69, 9.17) is 0 Å². The van der Waals surface area contributed by atoms with Crippen LogP contribution in [0, 0.1) is 11.6 Å². The maximum atomic E-state index is 13.9. The van der Waals surface area contributed by atoms with Crippen molar-refractivity contribution in [2.75, 3.05) is 7.11 Å². The third-order valence-corrected chi connectivity index (χ3v) is 3.39. The molecule has 0 saturated heterocycles. The first-order chi connectivity index (χ1) is 11.4. The summed E-state index contributed by atoms with van der Waals surface area (Å²) in [5.41, 5.74) is -0.968. The zero-order valence-corrected chi connectivity index (χ0v) is 12.2. The quantitative estimate of drug-likeness (QED) is 0.806. The van der Waals surface area contributed by atoms with Gasteiger partial charge in [0.1, 0.15) is 22.9 Å². The van der Waals surface area contributed by atoms with Gasteiger partial charge in [-0.05, 0) is 12.1 Å². The molecule has 0 spiro atoms. The van der Waals surface area contributed by atoms with Gasteiger partial charge in [-0.3, -0.25) is 9.59 Å². The number of ether oxygens (including phenoxy) is 1. The first-order valence-electron chi connectivity index (χ1n) is 6.67. The summed E-state index contributed by atoms with van der Waals surface area (Å²) in [5.74, 6) is -5.91. The molecule has 1 aliphatic rings. The number of rotatable bonds is 3. The lowest BCUT2D eigenvalue weighted by Gasteiger charge is -2.13. The minimum atomic E-state index is -1.51. The molecular formula is C16H9F2NO5. The summed E-state index contributed by atoms with van der Waals surface area (Å²) in [6.07, 6.45) is 0. The van der Waals surface area contributed by atoms with E-state index in [0.29, 0.717) is 0 Å². The smallest absolute Gasteiger partial charge is 0.369 e. The Labute approximate surface area is 134 Å². The van der Waals surface area contributed by atoms with Gasteiger partial charge in [-0.15, -0.1) is 0 Å². The van der Waals surface area contributed by atoms with Gasteiger partial charge < -0.3 is 9.57 Å². The molecule has 0 aliphatic carbocycles. The molecule has 1 heterocycles. The van der Waals surface area contributed by atoms with Crippen molar-refractivity contribution in [1.82, 2.24) is 5.06 Å². The SMILES string of the molecule is COc1cc(F)c(C(=O)ON2C(=O)c3ccccc3C2=O)c(F)c1. The largest absolute Gasteiger partial charge is 0.497 e. The van der Waals surface area contributed by atoms with Crippen LogP contribution >= 0.6 is 0 Å². The number of carbonyl (C=O) groups is 3. The van der Waals surface area contributed by atoms with Gasteiger partial charge in [-0.25, -0.2) is 13.6 Å². The van der Waals surface area contributed by atoms with Crippen LogP contribution < -0.4 is 4.74 Å². The predicted octanol–water partition coefficient (Wildman–Crippen LogP) is 2.34. The number of amides is 2. The Kier molecular flexibility index (Phi) is 3.72. The van der Waals surface area contributed by atoms with E-state index in [9.17, 15) is 23.2 Å².